The lowest BCUT2D eigenvalue weighted by molar-refractivity contribution is -0.0111. The average molecular weight is 277 g/mol. The largest absolute Gasteiger partial charge is 0.409 e. The second-order valence-corrected chi connectivity index (χ2v) is 5.92. The van der Waals surface area contributed by atoms with E-state index < -0.39 is 0 Å². The molecule has 0 saturated carbocycles. The van der Waals surface area contributed by atoms with Crippen molar-refractivity contribution >= 4 is 11.5 Å². The minimum absolute atomic E-state index is 0.0311. The van der Waals surface area contributed by atoms with Gasteiger partial charge in [0, 0.05) is 24.8 Å². The summed E-state index contributed by atoms with van der Waals surface area (Å²) in [6, 6.07) is 7.63. The lowest BCUT2D eigenvalue weighted by Crippen LogP contribution is -2.32. The van der Waals surface area contributed by atoms with Gasteiger partial charge in [-0.1, -0.05) is 17.3 Å². The van der Waals surface area contributed by atoms with Gasteiger partial charge in [0.05, 0.1) is 11.7 Å². The summed E-state index contributed by atoms with van der Waals surface area (Å²) in [6.45, 7) is 5.04. The average Bonchev–Trinajstić information content (AvgIpc) is 2.77. The predicted molar refractivity (Wildman–Crippen MR) is 80.4 cm³/mol. The molecule has 0 spiro atoms. The van der Waals surface area contributed by atoms with Crippen LogP contribution < -0.4 is 10.6 Å². The lowest BCUT2D eigenvalue weighted by atomic mass is 10.1. The molecule has 1 fully saturated rings. The van der Waals surface area contributed by atoms with Crippen LogP contribution in [0.4, 0.5) is 5.69 Å². The molecule has 0 aliphatic carbocycles. The maximum absolute atomic E-state index is 8.87. The number of anilines is 1. The third-order valence-corrected chi connectivity index (χ3v) is 3.73. The van der Waals surface area contributed by atoms with E-state index in [1.165, 1.54) is 0 Å². The number of rotatable bonds is 4. The minimum atomic E-state index is -0.0311. The fraction of sp³-hybridized carbons (Fsp3) is 0.533. The summed E-state index contributed by atoms with van der Waals surface area (Å²) < 4.78 is 6.02. The molecule has 0 amide bonds. The van der Waals surface area contributed by atoms with E-state index in [2.05, 4.69) is 23.9 Å². The van der Waals surface area contributed by atoms with Gasteiger partial charge in [-0.25, -0.2) is 0 Å². The van der Waals surface area contributed by atoms with Crippen LogP contribution in [0.1, 0.15) is 32.3 Å². The second kappa shape index (κ2) is 5.71. The molecule has 3 N–H and O–H groups in total. The first kappa shape index (κ1) is 14.7. The van der Waals surface area contributed by atoms with Crippen LogP contribution in [0.25, 0.3) is 0 Å². The van der Waals surface area contributed by atoms with Crippen molar-refractivity contribution in [2.75, 3.05) is 18.5 Å². The normalized spacial score (nSPS) is 21.9. The van der Waals surface area contributed by atoms with Gasteiger partial charge in [-0.2, -0.15) is 0 Å². The molecule has 1 saturated heterocycles. The molecular weight excluding hydrogens is 254 g/mol. The molecule has 0 bridgehead atoms. The number of hydrogen-bond donors (Lipinski definition) is 2. The van der Waals surface area contributed by atoms with Crippen molar-refractivity contribution in [1.29, 1.82) is 0 Å². The Morgan fingerprint density at radius 1 is 1.50 bits per heavy atom. The van der Waals surface area contributed by atoms with Gasteiger partial charge < -0.3 is 20.6 Å². The molecule has 110 valence electrons. The molecule has 1 heterocycles. The quantitative estimate of drug-likeness (QED) is 0.383. The molecule has 1 aliphatic heterocycles. The van der Waals surface area contributed by atoms with Crippen LogP contribution in [0.5, 0.6) is 0 Å². The topological polar surface area (TPSA) is 71.1 Å². The first-order valence-corrected chi connectivity index (χ1v) is 6.89. The van der Waals surface area contributed by atoms with Gasteiger partial charge in [0.1, 0.15) is 0 Å². The molecule has 0 aromatic heterocycles. The highest BCUT2D eigenvalue weighted by atomic mass is 16.5. The van der Waals surface area contributed by atoms with Crippen molar-refractivity contribution < 1.29 is 9.94 Å². The summed E-state index contributed by atoms with van der Waals surface area (Å²) in [6.07, 6.45) is 2.35. The van der Waals surface area contributed by atoms with Gasteiger partial charge in [-0.05, 0) is 38.8 Å². The van der Waals surface area contributed by atoms with Gasteiger partial charge in [-0.3, -0.25) is 0 Å². The van der Waals surface area contributed by atoms with E-state index in [9.17, 15) is 0 Å². The Balaban J connectivity index is 2.12. The maximum Gasteiger partial charge on any atom is 0.172 e. The number of nitrogens with zero attached hydrogens (tertiary/aromatic N) is 2. The van der Waals surface area contributed by atoms with Crippen molar-refractivity contribution in [3.8, 4) is 0 Å². The summed E-state index contributed by atoms with van der Waals surface area (Å²) in [4.78, 5) is 2.10. The number of para-hydroxylation sites is 1. The van der Waals surface area contributed by atoms with Crippen LogP contribution >= 0.6 is 0 Å². The van der Waals surface area contributed by atoms with Gasteiger partial charge >= 0.3 is 0 Å². The third kappa shape index (κ3) is 3.22. The van der Waals surface area contributed by atoms with Crippen LogP contribution in [0.2, 0.25) is 0 Å². The van der Waals surface area contributed by atoms with Crippen LogP contribution in [0.15, 0.2) is 29.4 Å². The smallest absolute Gasteiger partial charge is 0.172 e. The molecular formula is C15H23N3O2. The molecule has 1 unspecified atom stereocenters. The third-order valence-electron chi connectivity index (χ3n) is 3.73. The Morgan fingerprint density at radius 3 is 2.80 bits per heavy atom. The SMILES string of the molecule is CN(CC1CCC(C)(C)O1)c1ccccc1/C(N)=N/O. The van der Waals surface area contributed by atoms with E-state index in [1.807, 2.05) is 31.3 Å². The Bertz CT molecular complexity index is 500. The molecule has 2 rings (SSSR count). The van der Waals surface area contributed by atoms with Crippen molar-refractivity contribution in [1.82, 2.24) is 0 Å². The minimum Gasteiger partial charge on any atom is -0.409 e. The van der Waals surface area contributed by atoms with Gasteiger partial charge in [-0.15, -0.1) is 0 Å². The van der Waals surface area contributed by atoms with Gasteiger partial charge in [0.25, 0.3) is 0 Å². The number of amidine groups is 1. The Kier molecular flexibility index (Phi) is 4.18. The summed E-state index contributed by atoms with van der Waals surface area (Å²) >= 11 is 0. The first-order valence-electron chi connectivity index (χ1n) is 6.89. The van der Waals surface area contributed by atoms with Crippen LogP contribution in [-0.4, -0.2) is 36.3 Å². The highest BCUT2D eigenvalue weighted by Gasteiger charge is 2.32. The molecule has 1 aliphatic rings. The van der Waals surface area contributed by atoms with Crippen molar-refractivity contribution in [3.63, 3.8) is 0 Å². The van der Waals surface area contributed by atoms with Crippen molar-refractivity contribution in [3.05, 3.63) is 29.8 Å². The molecule has 1 aromatic carbocycles. The molecule has 1 atom stereocenters. The second-order valence-electron chi connectivity index (χ2n) is 5.92. The molecule has 0 radical (unpaired) electrons. The molecule has 1 aromatic rings. The van der Waals surface area contributed by atoms with Gasteiger partial charge in [0.2, 0.25) is 0 Å². The number of likely N-dealkylation sites (N-methyl/N-ethyl adjacent to an activating group) is 1. The fourth-order valence-corrected chi connectivity index (χ4v) is 2.69. The Hall–Kier alpha value is -1.75. The number of benzene rings is 1. The number of ether oxygens (including phenoxy) is 1. The molecule has 5 nitrogen and oxygen atoms in total. The van der Waals surface area contributed by atoms with Crippen LogP contribution in [0.3, 0.4) is 0 Å². The standard InChI is InChI=1S/C15H23N3O2/c1-15(2)9-8-11(20-15)10-18(3)13-7-5-4-6-12(13)14(16)17-19/h4-7,11,19H,8-10H2,1-3H3,(H2,16,17). The lowest BCUT2D eigenvalue weighted by Gasteiger charge is -2.26. The number of hydrogen-bond acceptors (Lipinski definition) is 4. The summed E-state index contributed by atoms with van der Waals surface area (Å²) in [7, 11) is 2.00. The number of nitrogens with two attached hydrogens (primary N) is 1. The van der Waals surface area contributed by atoms with E-state index in [0.29, 0.717) is 0 Å². The maximum atomic E-state index is 8.87. The monoisotopic (exact) mass is 277 g/mol. The Labute approximate surface area is 120 Å². The van der Waals surface area contributed by atoms with E-state index in [4.69, 9.17) is 15.7 Å². The van der Waals surface area contributed by atoms with E-state index in [1.54, 1.807) is 0 Å². The zero-order valence-corrected chi connectivity index (χ0v) is 12.3. The number of oxime groups is 1. The van der Waals surface area contributed by atoms with E-state index in [0.717, 1.165) is 30.6 Å². The summed E-state index contributed by atoms with van der Waals surface area (Å²) in [5.74, 6) is 0.125. The zero-order valence-electron chi connectivity index (χ0n) is 12.3. The van der Waals surface area contributed by atoms with Crippen LogP contribution in [-0.2, 0) is 4.74 Å². The van der Waals surface area contributed by atoms with E-state index >= 15 is 0 Å². The highest BCUT2D eigenvalue weighted by Crippen LogP contribution is 2.30. The van der Waals surface area contributed by atoms with Crippen LogP contribution in [0, 0.1) is 0 Å². The van der Waals surface area contributed by atoms with E-state index in [-0.39, 0.29) is 17.5 Å². The molecule has 5 heteroatoms. The Morgan fingerprint density at radius 2 is 2.20 bits per heavy atom. The van der Waals surface area contributed by atoms with Crippen molar-refractivity contribution in [2.24, 2.45) is 10.9 Å². The summed E-state index contributed by atoms with van der Waals surface area (Å²) in [5, 5.41) is 12.0. The molecule has 20 heavy (non-hydrogen) atoms. The summed E-state index contributed by atoms with van der Waals surface area (Å²) in [5.41, 5.74) is 7.37. The first-order chi connectivity index (χ1) is 9.43. The van der Waals surface area contributed by atoms with Crippen molar-refractivity contribution in [2.45, 2.75) is 38.4 Å². The predicted octanol–water partition coefficient (Wildman–Crippen LogP) is 2.17. The van der Waals surface area contributed by atoms with Gasteiger partial charge in [0.15, 0.2) is 5.84 Å². The fourth-order valence-electron chi connectivity index (χ4n) is 2.69. The highest BCUT2D eigenvalue weighted by molar-refractivity contribution is 6.02. The zero-order chi connectivity index (χ0) is 14.8.